The predicted octanol–water partition coefficient (Wildman–Crippen LogP) is 0.0763. The van der Waals surface area contributed by atoms with Gasteiger partial charge in [-0.05, 0) is 30.7 Å². The van der Waals surface area contributed by atoms with E-state index in [1.807, 2.05) is 0 Å². The standard InChI is InChI=1S/C14H16N4O3/c1-9-7-10(15)3-4-11(9)16-12(19)8-18-13(20)5-6-17(2)14(18)21/h3-7H,8,15H2,1-2H3,(H,16,19). The van der Waals surface area contributed by atoms with Crippen molar-refractivity contribution in [1.29, 1.82) is 0 Å². The van der Waals surface area contributed by atoms with Crippen molar-refractivity contribution in [2.24, 2.45) is 7.05 Å². The first-order valence-electron chi connectivity index (χ1n) is 6.31. The van der Waals surface area contributed by atoms with E-state index in [1.54, 1.807) is 25.1 Å². The summed E-state index contributed by atoms with van der Waals surface area (Å²) in [6.45, 7) is 1.47. The topological polar surface area (TPSA) is 99.1 Å². The van der Waals surface area contributed by atoms with Crippen molar-refractivity contribution < 1.29 is 4.79 Å². The summed E-state index contributed by atoms with van der Waals surface area (Å²) in [4.78, 5) is 35.4. The molecule has 0 radical (unpaired) electrons. The fraction of sp³-hybridized carbons (Fsp3) is 0.214. The van der Waals surface area contributed by atoms with Crippen LogP contribution < -0.4 is 22.3 Å². The fourth-order valence-corrected chi connectivity index (χ4v) is 1.92. The average molecular weight is 288 g/mol. The van der Waals surface area contributed by atoms with Gasteiger partial charge in [-0.3, -0.25) is 14.2 Å². The van der Waals surface area contributed by atoms with E-state index in [-0.39, 0.29) is 6.54 Å². The second-order valence-electron chi connectivity index (χ2n) is 4.76. The fourth-order valence-electron chi connectivity index (χ4n) is 1.92. The lowest BCUT2D eigenvalue weighted by molar-refractivity contribution is -0.116. The van der Waals surface area contributed by atoms with Gasteiger partial charge in [0.2, 0.25) is 5.91 Å². The van der Waals surface area contributed by atoms with Crippen LogP contribution in [0.2, 0.25) is 0 Å². The number of nitrogens with two attached hydrogens (primary N) is 1. The van der Waals surface area contributed by atoms with Gasteiger partial charge in [0, 0.05) is 30.7 Å². The maximum atomic E-state index is 12.0. The van der Waals surface area contributed by atoms with Gasteiger partial charge in [0.1, 0.15) is 6.54 Å². The number of carbonyl (C=O) groups is 1. The third kappa shape index (κ3) is 3.19. The molecule has 1 aromatic heterocycles. The van der Waals surface area contributed by atoms with Crippen LogP contribution in [0.25, 0.3) is 0 Å². The summed E-state index contributed by atoms with van der Waals surface area (Å²) in [6, 6.07) is 6.30. The number of hydrogen-bond donors (Lipinski definition) is 2. The van der Waals surface area contributed by atoms with Crippen LogP contribution in [0.5, 0.6) is 0 Å². The SMILES string of the molecule is Cc1cc(N)ccc1NC(=O)Cn1c(=O)ccn(C)c1=O. The van der Waals surface area contributed by atoms with Gasteiger partial charge in [0.25, 0.3) is 5.56 Å². The van der Waals surface area contributed by atoms with Gasteiger partial charge >= 0.3 is 5.69 Å². The number of benzene rings is 1. The maximum Gasteiger partial charge on any atom is 0.331 e. The zero-order valence-electron chi connectivity index (χ0n) is 11.8. The largest absolute Gasteiger partial charge is 0.399 e. The lowest BCUT2D eigenvalue weighted by Gasteiger charge is -2.10. The maximum absolute atomic E-state index is 12.0. The molecule has 0 bridgehead atoms. The highest BCUT2D eigenvalue weighted by atomic mass is 16.2. The van der Waals surface area contributed by atoms with Crippen LogP contribution in [0.3, 0.4) is 0 Å². The monoisotopic (exact) mass is 288 g/mol. The van der Waals surface area contributed by atoms with Crippen LogP contribution in [-0.4, -0.2) is 15.0 Å². The summed E-state index contributed by atoms with van der Waals surface area (Å²) < 4.78 is 2.12. The molecule has 2 aromatic rings. The molecule has 3 N–H and O–H groups in total. The molecule has 7 heteroatoms. The van der Waals surface area contributed by atoms with Crippen molar-refractivity contribution in [3.63, 3.8) is 0 Å². The molecule has 0 aliphatic carbocycles. The Balaban J connectivity index is 2.22. The minimum Gasteiger partial charge on any atom is -0.399 e. The van der Waals surface area contributed by atoms with Crippen LogP contribution in [0.1, 0.15) is 5.56 Å². The molecule has 110 valence electrons. The smallest absolute Gasteiger partial charge is 0.331 e. The van der Waals surface area contributed by atoms with Gasteiger partial charge in [0.05, 0.1) is 0 Å². The number of nitrogens with zero attached hydrogens (tertiary/aromatic N) is 2. The first-order valence-corrected chi connectivity index (χ1v) is 6.31. The summed E-state index contributed by atoms with van der Waals surface area (Å²) in [7, 11) is 1.51. The molecule has 1 amide bonds. The number of hydrogen-bond acceptors (Lipinski definition) is 4. The van der Waals surface area contributed by atoms with Crippen LogP contribution in [-0.2, 0) is 18.4 Å². The number of anilines is 2. The Kier molecular flexibility index (Phi) is 3.93. The molecule has 2 rings (SSSR count). The Morgan fingerprint density at radius 2 is 2.00 bits per heavy atom. The van der Waals surface area contributed by atoms with E-state index in [0.29, 0.717) is 11.4 Å². The highest BCUT2D eigenvalue weighted by molar-refractivity contribution is 5.91. The number of rotatable bonds is 3. The van der Waals surface area contributed by atoms with Gasteiger partial charge in [-0.1, -0.05) is 0 Å². The molecular formula is C14H16N4O3. The van der Waals surface area contributed by atoms with Crippen molar-refractivity contribution >= 4 is 17.3 Å². The number of nitrogens with one attached hydrogen (secondary N) is 1. The van der Waals surface area contributed by atoms with Crippen molar-refractivity contribution in [1.82, 2.24) is 9.13 Å². The normalized spacial score (nSPS) is 10.4. The number of nitrogen functional groups attached to an aromatic ring is 1. The number of carbonyl (C=O) groups excluding carboxylic acids is 1. The van der Waals surface area contributed by atoms with E-state index in [2.05, 4.69) is 5.32 Å². The van der Waals surface area contributed by atoms with Crippen LogP contribution in [0.15, 0.2) is 40.1 Å². The lowest BCUT2D eigenvalue weighted by Crippen LogP contribution is -2.40. The first kappa shape index (κ1) is 14.6. The van der Waals surface area contributed by atoms with Gasteiger partial charge in [-0.2, -0.15) is 0 Å². The van der Waals surface area contributed by atoms with Gasteiger partial charge in [-0.25, -0.2) is 4.79 Å². The molecule has 0 fully saturated rings. The van der Waals surface area contributed by atoms with Crippen LogP contribution >= 0.6 is 0 Å². The van der Waals surface area contributed by atoms with Crippen molar-refractivity contribution in [3.8, 4) is 0 Å². The highest BCUT2D eigenvalue weighted by Gasteiger charge is 2.10. The molecule has 1 heterocycles. The van der Waals surface area contributed by atoms with Gasteiger partial charge in [-0.15, -0.1) is 0 Å². The third-order valence-corrected chi connectivity index (χ3v) is 3.07. The van der Waals surface area contributed by atoms with E-state index in [9.17, 15) is 14.4 Å². The molecule has 0 saturated carbocycles. The Hall–Kier alpha value is -2.83. The van der Waals surface area contributed by atoms with Gasteiger partial charge in [0.15, 0.2) is 0 Å². The van der Waals surface area contributed by atoms with Crippen molar-refractivity contribution in [2.75, 3.05) is 11.1 Å². The van der Waals surface area contributed by atoms with Crippen LogP contribution in [0, 0.1) is 6.92 Å². The van der Waals surface area contributed by atoms with E-state index >= 15 is 0 Å². The molecular weight excluding hydrogens is 272 g/mol. The lowest BCUT2D eigenvalue weighted by atomic mass is 10.2. The molecule has 7 nitrogen and oxygen atoms in total. The second-order valence-corrected chi connectivity index (χ2v) is 4.76. The van der Waals surface area contributed by atoms with E-state index in [1.165, 1.54) is 23.9 Å². The van der Waals surface area contributed by atoms with E-state index in [0.717, 1.165) is 10.1 Å². The molecule has 0 atom stereocenters. The van der Waals surface area contributed by atoms with E-state index < -0.39 is 17.2 Å². The number of amides is 1. The first-order chi connectivity index (χ1) is 9.88. The quantitative estimate of drug-likeness (QED) is 0.781. The Bertz CT molecular complexity index is 805. The molecule has 0 aliphatic rings. The molecule has 0 spiro atoms. The predicted molar refractivity (Wildman–Crippen MR) is 80.2 cm³/mol. The Labute approximate surface area is 120 Å². The molecule has 21 heavy (non-hydrogen) atoms. The number of aryl methyl sites for hydroxylation is 2. The van der Waals surface area contributed by atoms with Crippen LogP contribution in [0.4, 0.5) is 11.4 Å². The zero-order valence-corrected chi connectivity index (χ0v) is 11.8. The summed E-state index contributed by atoms with van der Waals surface area (Å²) in [5.74, 6) is -0.451. The molecule has 1 aromatic carbocycles. The Morgan fingerprint density at radius 1 is 1.29 bits per heavy atom. The Morgan fingerprint density at radius 3 is 2.67 bits per heavy atom. The summed E-state index contributed by atoms with van der Waals surface area (Å²) in [5.41, 5.74) is 6.58. The van der Waals surface area contributed by atoms with Crippen molar-refractivity contribution in [3.05, 3.63) is 56.9 Å². The second kappa shape index (κ2) is 5.66. The summed E-state index contributed by atoms with van der Waals surface area (Å²) >= 11 is 0. The summed E-state index contributed by atoms with van der Waals surface area (Å²) in [5, 5.41) is 2.66. The highest BCUT2D eigenvalue weighted by Crippen LogP contribution is 2.17. The van der Waals surface area contributed by atoms with E-state index in [4.69, 9.17) is 5.73 Å². The molecule has 0 saturated heterocycles. The minimum atomic E-state index is -0.535. The minimum absolute atomic E-state index is 0.337. The zero-order chi connectivity index (χ0) is 15.6. The van der Waals surface area contributed by atoms with Gasteiger partial charge < -0.3 is 15.6 Å². The summed E-state index contributed by atoms with van der Waals surface area (Å²) in [6.07, 6.45) is 1.36. The van der Waals surface area contributed by atoms with Crippen molar-refractivity contribution in [2.45, 2.75) is 13.5 Å². The molecule has 0 unspecified atom stereocenters. The third-order valence-electron chi connectivity index (χ3n) is 3.07. The molecule has 0 aliphatic heterocycles. The average Bonchev–Trinajstić information content (AvgIpc) is 2.42. The number of aromatic nitrogens is 2.